The number of fused-ring (bicyclic) bond motifs is 1. The van der Waals surface area contributed by atoms with Crippen molar-refractivity contribution in [1.29, 1.82) is 0 Å². The van der Waals surface area contributed by atoms with Crippen LogP contribution in [0.5, 0.6) is 0 Å². The molecule has 6 heteroatoms. The molecule has 3 N–H and O–H groups in total. The molecule has 0 spiro atoms. The second kappa shape index (κ2) is 5.79. The highest BCUT2D eigenvalue weighted by Gasteiger charge is 2.18. The summed E-state index contributed by atoms with van der Waals surface area (Å²) in [5.41, 5.74) is 5.03. The number of nitrogens with one attached hydrogen (secondary N) is 2. The summed E-state index contributed by atoms with van der Waals surface area (Å²) in [4.78, 5) is 27.4. The zero-order valence-corrected chi connectivity index (χ0v) is 11.5. The van der Waals surface area contributed by atoms with Crippen molar-refractivity contribution in [2.75, 3.05) is 5.32 Å². The molecule has 0 unspecified atom stereocenters. The van der Waals surface area contributed by atoms with E-state index in [4.69, 9.17) is 5.21 Å². The number of benzene rings is 1. The molecule has 0 saturated carbocycles. The molecule has 0 atom stereocenters. The van der Waals surface area contributed by atoms with Crippen LogP contribution in [0.25, 0.3) is 6.08 Å². The van der Waals surface area contributed by atoms with Crippen LogP contribution in [0.2, 0.25) is 0 Å². The summed E-state index contributed by atoms with van der Waals surface area (Å²) in [6, 6.07) is 8.80. The van der Waals surface area contributed by atoms with Crippen molar-refractivity contribution in [3.8, 4) is 0 Å². The van der Waals surface area contributed by atoms with Crippen LogP contribution in [0.3, 0.4) is 0 Å². The highest BCUT2D eigenvalue weighted by Crippen LogP contribution is 2.27. The summed E-state index contributed by atoms with van der Waals surface area (Å²) in [7, 11) is 0. The molecule has 0 bridgehead atoms. The lowest BCUT2D eigenvalue weighted by Gasteiger charge is -2.07. The first kappa shape index (κ1) is 14.0. The molecular weight excluding hydrogens is 282 g/mol. The van der Waals surface area contributed by atoms with Gasteiger partial charge in [-0.3, -0.25) is 19.8 Å². The molecule has 0 aliphatic heterocycles. The van der Waals surface area contributed by atoms with E-state index < -0.39 is 5.91 Å². The lowest BCUT2D eigenvalue weighted by atomic mass is 10.1. The maximum atomic E-state index is 12.1. The minimum absolute atomic E-state index is 0.247. The van der Waals surface area contributed by atoms with Gasteiger partial charge in [-0.05, 0) is 41.5 Å². The second-order valence-electron chi connectivity index (χ2n) is 4.90. The first-order chi connectivity index (χ1) is 10.7. The van der Waals surface area contributed by atoms with Crippen LogP contribution < -0.4 is 10.8 Å². The van der Waals surface area contributed by atoms with Crippen molar-refractivity contribution in [2.24, 2.45) is 0 Å². The molecule has 1 aliphatic carbocycles. The Balaban J connectivity index is 1.79. The molecule has 1 aliphatic rings. The molecule has 0 saturated heterocycles. The fraction of sp³-hybridized carbons (Fsp3) is 0.0625. The number of amides is 2. The summed E-state index contributed by atoms with van der Waals surface area (Å²) in [6.45, 7) is 0. The smallest absolute Gasteiger partial charge is 0.270 e. The van der Waals surface area contributed by atoms with Crippen molar-refractivity contribution in [3.05, 3.63) is 65.0 Å². The van der Waals surface area contributed by atoms with Gasteiger partial charge >= 0.3 is 0 Å². The zero-order chi connectivity index (χ0) is 15.5. The number of aromatic nitrogens is 1. The summed E-state index contributed by atoms with van der Waals surface area (Å²) >= 11 is 0. The zero-order valence-electron chi connectivity index (χ0n) is 11.5. The minimum Gasteiger partial charge on any atom is -0.322 e. The molecule has 110 valence electrons. The lowest BCUT2D eigenvalue weighted by molar-refractivity contribution is -0.125. The van der Waals surface area contributed by atoms with Crippen LogP contribution in [0, 0.1) is 0 Å². The number of nitrogens with zero attached hydrogens (tertiary/aromatic N) is 1. The van der Waals surface area contributed by atoms with E-state index in [-0.39, 0.29) is 5.91 Å². The summed E-state index contributed by atoms with van der Waals surface area (Å²) in [5, 5.41) is 11.5. The van der Waals surface area contributed by atoms with E-state index in [0.717, 1.165) is 11.1 Å². The number of anilines is 1. The summed E-state index contributed by atoms with van der Waals surface area (Å²) in [5.74, 6) is -0.763. The Morgan fingerprint density at radius 2 is 2.05 bits per heavy atom. The van der Waals surface area contributed by atoms with Gasteiger partial charge in [-0.1, -0.05) is 6.07 Å². The standard InChI is InChI=1S/C16H13N3O3/c20-15(11-2-1-5-17-9-11)18-14-4-3-10-6-13(16(21)19-22)7-12(10)8-14/h1-5,7-9,22H,6H2,(H,18,20)(H,19,21). The molecule has 1 aromatic heterocycles. The van der Waals surface area contributed by atoms with Crippen LogP contribution in [-0.2, 0) is 11.2 Å². The number of hydroxylamine groups is 1. The Bertz CT molecular complexity index is 769. The molecule has 0 fully saturated rings. The van der Waals surface area contributed by atoms with E-state index in [9.17, 15) is 9.59 Å². The number of carbonyl (C=O) groups excluding carboxylic acids is 2. The van der Waals surface area contributed by atoms with Crippen molar-refractivity contribution in [1.82, 2.24) is 10.5 Å². The molecule has 0 radical (unpaired) electrons. The van der Waals surface area contributed by atoms with Gasteiger partial charge in [0.25, 0.3) is 11.8 Å². The van der Waals surface area contributed by atoms with Gasteiger partial charge < -0.3 is 5.32 Å². The average molecular weight is 295 g/mol. The van der Waals surface area contributed by atoms with E-state index in [1.165, 1.54) is 6.20 Å². The van der Waals surface area contributed by atoms with Crippen LogP contribution in [0.15, 0.2) is 48.3 Å². The number of pyridine rings is 1. The highest BCUT2D eigenvalue weighted by molar-refractivity contribution is 6.04. The number of carbonyl (C=O) groups is 2. The molecule has 6 nitrogen and oxygen atoms in total. The predicted molar refractivity (Wildman–Crippen MR) is 80.2 cm³/mol. The molecule has 22 heavy (non-hydrogen) atoms. The molecule has 1 aromatic carbocycles. The van der Waals surface area contributed by atoms with Gasteiger partial charge in [0.2, 0.25) is 0 Å². The van der Waals surface area contributed by atoms with E-state index in [0.29, 0.717) is 23.2 Å². The summed E-state index contributed by atoms with van der Waals surface area (Å²) in [6.07, 6.45) is 5.25. The van der Waals surface area contributed by atoms with Crippen molar-refractivity contribution >= 4 is 23.6 Å². The Hall–Kier alpha value is -2.99. The SMILES string of the molecule is O=C(NO)C1=Cc2cc(NC(=O)c3cccnc3)ccc2C1. The largest absolute Gasteiger partial charge is 0.322 e. The fourth-order valence-electron chi connectivity index (χ4n) is 2.33. The van der Waals surface area contributed by atoms with Crippen molar-refractivity contribution in [2.45, 2.75) is 6.42 Å². The Kier molecular flexibility index (Phi) is 3.67. The van der Waals surface area contributed by atoms with Gasteiger partial charge in [-0.2, -0.15) is 0 Å². The normalized spacial score (nSPS) is 12.3. The van der Waals surface area contributed by atoms with Crippen LogP contribution in [0.1, 0.15) is 21.5 Å². The average Bonchev–Trinajstić information content (AvgIpc) is 2.98. The van der Waals surface area contributed by atoms with Gasteiger partial charge in [-0.25, -0.2) is 5.48 Å². The topological polar surface area (TPSA) is 91.3 Å². The first-order valence-electron chi connectivity index (χ1n) is 6.66. The third-order valence-electron chi connectivity index (χ3n) is 3.43. The van der Waals surface area contributed by atoms with Crippen LogP contribution >= 0.6 is 0 Å². The van der Waals surface area contributed by atoms with E-state index in [1.807, 2.05) is 6.07 Å². The third-order valence-corrected chi connectivity index (χ3v) is 3.43. The molecular formula is C16H13N3O3. The van der Waals surface area contributed by atoms with Crippen molar-refractivity contribution in [3.63, 3.8) is 0 Å². The summed E-state index contributed by atoms with van der Waals surface area (Å²) < 4.78 is 0. The number of hydrogen-bond donors (Lipinski definition) is 3. The minimum atomic E-state index is -0.517. The monoisotopic (exact) mass is 295 g/mol. The van der Waals surface area contributed by atoms with Crippen molar-refractivity contribution < 1.29 is 14.8 Å². The van der Waals surface area contributed by atoms with Crippen LogP contribution in [-0.4, -0.2) is 22.0 Å². The van der Waals surface area contributed by atoms with Crippen LogP contribution in [0.4, 0.5) is 5.69 Å². The van der Waals surface area contributed by atoms with Gasteiger partial charge in [0.05, 0.1) is 5.56 Å². The van der Waals surface area contributed by atoms with Gasteiger partial charge in [0.1, 0.15) is 0 Å². The van der Waals surface area contributed by atoms with Gasteiger partial charge in [-0.15, -0.1) is 0 Å². The third kappa shape index (κ3) is 2.72. The lowest BCUT2D eigenvalue weighted by Crippen LogP contribution is -2.20. The number of rotatable bonds is 3. The molecule has 1 heterocycles. The predicted octanol–water partition coefficient (Wildman–Crippen LogP) is 1.78. The molecule has 2 aromatic rings. The molecule has 2 amide bonds. The Morgan fingerprint density at radius 3 is 2.77 bits per heavy atom. The van der Waals surface area contributed by atoms with E-state index in [2.05, 4.69) is 10.3 Å². The maximum Gasteiger partial charge on any atom is 0.270 e. The Morgan fingerprint density at radius 1 is 1.18 bits per heavy atom. The Labute approximate surface area is 126 Å². The maximum absolute atomic E-state index is 12.1. The molecule has 3 rings (SSSR count). The fourth-order valence-corrected chi connectivity index (χ4v) is 2.33. The highest BCUT2D eigenvalue weighted by atomic mass is 16.5. The van der Waals surface area contributed by atoms with Gasteiger partial charge in [0, 0.05) is 30.1 Å². The van der Waals surface area contributed by atoms with Gasteiger partial charge in [0.15, 0.2) is 0 Å². The second-order valence-corrected chi connectivity index (χ2v) is 4.90. The quantitative estimate of drug-likeness (QED) is 0.594. The first-order valence-corrected chi connectivity index (χ1v) is 6.66. The van der Waals surface area contributed by atoms with E-state index >= 15 is 0 Å². The number of hydrogen-bond acceptors (Lipinski definition) is 4. The van der Waals surface area contributed by atoms with E-state index in [1.54, 1.807) is 42.0 Å².